The highest BCUT2D eigenvalue weighted by molar-refractivity contribution is 6.31. The van der Waals surface area contributed by atoms with E-state index in [1.54, 1.807) is 0 Å². The van der Waals surface area contributed by atoms with Gasteiger partial charge in [0.2, 0.25) is 11.8 Å². The molecule has 0 aromatic heterocycles. The average Bonchev–Trinajstić information content (AvgIpc) is 3.08. The van der Waals surface area contributed by atoms with Crippen LogP contribution < -0.4 is 4.90 Å². The smallest absolute Gasteiger partial charge is 0.237 e. The number of hydrogen-bond acceptors (Lipinski definition) is 2. The van der Waals surface area contributed by atoms with E-state index in [1.165, 1.54) is 23.1 Å². The molecule has 1 heterocycles. The number of halogens is 2. The van der Waals surface area contributed by atoms with E-state index in [0.717, 1.165) is 19.3 Å². The standard InChI is InChI=1S/C15H13ClFNO2/c16-10-4-3-9(6-11(10)17)18-14(19)12-7-1-2-8(5-7)13(12)15(18)20/h3-4,6-8,12-13H,1-2,5H2/t7-,8-,12+,13+/m0/s1. The third kappa shape index (κ3) is 1.46. The lowest BCUT2D eigenvalue weighted by Crippen LogP contribution is -2.32. The maximum Gasteiger partial charge on any atom is 0.237 e. The Kier molecular flexibility index (Phi) is 2.49. The van der Waals surface area contributed by atoms with Crippen molar-refractivity contribution in [3.05, 3.63) is 29.0 Å². The first-order valence-corrected chi connectivity index (χ1v) is 7.28. The lowest BCUT2D eigenvalue weighted by Gasteiger charge is -2.19. The second-order valence-electron chi connectivity index (χ2n) is 6.00. The first-order chi connectivity index (χ1) is 9.58. The second-order valence-corrected chi connectivity index (χ2v) is 6.40. The summed E-state index contributed by atoms with van der Waals surface area (Å²) in [5.74, 6) is -0.611. The van der Waals surface area contributed by atoms with Gasteiger partial charge < -0.3 is 0 Å². The van der Waals surface area contributed by atoms with Crippen LogP contribution >= 0.6 is 11.6 Å². The van der Waals surface area contributed by atoms with Gasteiger partial charge in [-0.05, 0) is 49.3 Å². The minimum atomic E-state index is -0.607. The van der Waals surface area contributed by atoms with E-state index in [9.17, 15) is 14.0 Å². The van der Waals surface area contributed by atoms with Crippen molar-refractivity contribution in [2.45, 2.75) is 19.3 Å². The fourth-order valence-corrected chi connectivity index (χ4v) is 4.40. The van der Waals surface area contributed by atoms with Crippen molar-refractivity contribution in [1.29, 1.82) is 0 Å². The molecular weight excluding hydrogens is 281 g/mol. The molecule has 0 N–H and O–H groups in total. The number of nitrogens with zero attached hydrogens (tertiary/aromatic N) is 1. The zero-order chi connectivity index (χ0) is 14.0. The quantitative estimate of drug-likeness (QED) is 0.747. The maximum absolute atomic E-state index is 13.6. The molecule has 3 nitrogen and oxygen atoms in total. The first-order valence-electron chi connectivity index (χ1n) is 6.91. The summed E-state index contributed by atoms with van der Waals surface area (Å²) < 4.78 is 13.6. The Labute approximate surface area is 120 Å². The molecule has 3 aliphatic rings. The van der Waals surface area contributed by atoms with Crippen molar-refractivity contribution >= 4 is 29.1 Å². The van der Waals surface area contributed by atoms with Crippen LogP contribution in [0.3, 0.4) is 0 Å². The van der Waals surface area contributed by atoms with Crippen molar-refractivity contribution in [1.82, 2.24) is 0 Å². The molecule has 0 radical (unpaired) electrons. The number of imide groups is 1. The van der Waals surface area contributed by atoms with E-state index < -0.39 is 5.82 Å². The van der Waals surface area contributed by atoms with Gasteiger partial charge in [-0.1, -0.05) is 11.6 Å². The van der Waals surface area contributed by atoms with Crippen LogP contribution in [0, 0.1) is 29.5 Å². The summed E-state index contributed by atoms with van der Waals surface area (Å²) in [5, 5.41) is -0.00638. The molecule has 20 heavy (non-hydrogen) atoms. The molecule has 2 bridgehead atoms. The van der Waals surface area contributed by atoms with Crippen LogP contribution in [0.15, 0.2) is 18.2 Å². The van der Waals surface area contributed by atoms with Gasteiger partial charge >= 0.3 is 0 Å². The lowest BCUT2D eigenvalue weighted by atomic mass is 9.81. The van der Waals surface area contributed by atoms with E-state index in [1.807, 2.05) is 0 Å². The highest BCUT2D eigenvalue weighted by Gasteiger charge is 2.61. The normalized spacial score (nSPS) is 35.0. The van der Waals surface area contributed by atoms with Crippen LogP contribution in [0.5, 0.6) is 0 Å². The second kappa shape index (κ2) is 4.04. The predicted molar refractivity (Wildman–Crippen MR) is 71.7 cm³/mol. The molecule has 2 saturated carbocycles. The Morgan fingerprint density at radius 2 is 1.70 bits per heavy atom. The van der Waals surface area contributed by atoms with E-state index in [-0.39, 0.29) is 28.7 Å². The summed E-state index contributed by atoms with van der Waals surface area (Å²) in [5.41, 5.74) is 0.302. The zero-order valence-electron chi connectivity index (χ0n) is 10.7. The number of carbonyl (C=O) groups excluding carboxylic acids is 2. The fraction of sp³-hybridized carbons (Fsp3) is 0.467. The highest BCUT2D eigenvalue weighted by Crippen LogP contribution is 2.56. The maximum atomic E-state index is 13.6. The largest absolute Gasteiger partial charge is 0.274 e. The number of carbonyl (C=O) groups is 2. The van der Waals surface area contributed by atoms with Gasteiger partial charge in [-0.15, -0.1) is 0 Å². The molecule has 1 saturated heterocycles. The number of amides is 2. The predicted octanol–water partition coefficient (Wildman–Crippen LogP) is 3.01. The van der Waals surface area contributed by atoms with Gasteiger partial charge in [0, 0.05) is 0 Å². The van der Waals surface area contributed by atoms with Crippen LogP contribution in [-0.4, -0.2) is 11.8 Å². The molecule has 0 unspecified atom stereocenters. The van der Waals surface area contributed by atoms with E-state index in [2.05, 4.69) is 0 Å². The van der Waals surface area contributed by atoms with Crippen LogP contribution in [0.4, 0.5) is 10.1 Å². The van der Waals surface area contributed by atoms with E-state index in [4.69, 9.17) is 11.6 Å². The molecule has 1 aromatic carbocycles. The van der Waals surface area contributed by atoms with E-state index >= 15 is 0 Å². The Balaban J connectivity index is 1.74. The van der Waals surface area contributed by atoms with Crippen molar-refractivity contribution in [2.75, 3.05) is 4.90 Å². The monoisotopic (exact) mass is 293 g/mol. The molecule has 5 heteroatoms. The van der Waals surface area contributed by atoms with Crippen LogP contribution in [-0.2, 0) is 9.59 Å². The minimum Gasteiger partial charge on any atom is -0.274 e. The zero-order valence-corrected chi connectivity index (χ0v) is 11.4. The fourth-order valence-electron chi connectivity index (χ4n) is 4.29. The van der Waals surface area contributed by atoms with Gasteiger partial charge in [0.25, 0.3) is 0 Å². The summed E-state index contributed by atoms with van der Waals surface area (Å²) in [7, 11) is 0. The van der Waals surface area contributed by atoms with Crippen LogP contribution in [0.1, 0.15) is 19.3 Å². The first kappa shape index (κ1) is 12.3. The highest BCUT2D eigenvalue weighted by atomic mass is 35.5. The molecule has 4 atom stereocenters. The Morgan fingerprint density at radius 3 is 2.25 bits per heavy atom. The van der Waals surface area contributed by atoms with Crippen molar-refractivity contribution < 1.29 is 14.0 Å². The topological polar surface area (TPSA) is 37.4 Å². The van der Waals surface area contributed by atoms with Crippen LogP contribution in [0.2, 0.25) is 5.02 Å². The van der Waals surface area contributed by atoms with Gasteiger partial charge in [0.1, 0.15) is 5.82 Å². The third-order valence-electron chi connectivity index (χ3n) is 5.09. The van der Waals surface area contributed by atoms with Crippen molar-refractivity contribution in [3.63, 3.8) is 0 Å². The van der Waals surface area contributed by atoms with Gasteiger partial charge in [-0.3, -0.25) is 9.59 Å². The molecule has 1 aromatic rings. The Hall–Kier alpha value is -1.42. The number of anilines is 1. The Morgan fingerprint density at radius 1 is 1.10 bits per heavy atom. The van der Waals surface area contributed by atoms with Gasteiger partial charge in [0.15, 0.2) is 0 Å². The average molecular weight is 294 g/mol. The van der Waals surface area contributed by atoms with E-state index in [0.29, 0.717) is 17.5 Å². The van der Waals surface area contributed by atoms with Crippen molar-refractivity contribution in [2.24, 2.45) is 23.7 Å². The number of benzene rings is 1. The molecule has 3 fully saturated rings. The SMILES string of the molecule is O=C1[C@@H]2[C@H]3CC[C@@H](C3)[C@H]2C(=O)N1c1ccc(Cl)c(F)c1. The molecule has 4 rings (SSSR count). The summed E-state index contributed by atoms with van der Waals surface area (Å²) in [4.78, 5) is 26.2. The molecule has 0 spiro atoms. The van der Waals surface area contributed by atoms with Crippen molar-refractivity contribution in [3.8, 4) is 0 Å². The number of rotatable bonds is 1. The molecule has 2 aliphatic carbocycles. The molecule has 1 aliphatic heterocycles. The minimum absolute atomic E-state index is 0.00638. The molecular formula is C15H13ClFNO2. The van der Waals surface area contributed by atoms with Gasteiger partial charge in [0.05, 0.1) is 22.5 Å². The number of hydrogen-bond donors (Lipinski definition) is 0. The Bertz CT molecular complexity index is 604. The summed E-state index contributed by atoms with van der Waals surface area (Å²) in [6.07, 6.45) is 3.07. The van der Waals surface area contributed by atoms with Crippen LogP contribution in [0.25, 0.3) is 0 Å². The van der Waals surface area contributed by atoms with Gasteiger partial charge in [-0.2, -0.15) is 0 Å². The summed E-state index contributed by atoms with van der Waals surface area (Å²) in [6, 6.07) is 4.08. The lowest BCUT2D eigenvalue weighted by molar-refractivity contribution is -0.123. The van der Waals surface area contributed by atoms with Gasteiger partial charge in [-0.25, -0.2) is 9.29 Å². The summed E-state index contributed by atoms with van der Waals surface area (Å²) >= 11 is 5.65. The summed E-state index contributed by atoms with van der Waals surface area (Å²) in [6.45, 7) is 0. The molecule has 2 amide bonds. The third-order valence-corrected chi connectivity index (χ3v) is 5.40. The molecule has 104 valence electrons. The number of fused-ring (bicyclic) bond motifs is 5.